The fourth-order valence-corrected chi connectivity index (χ4v) is 1.75. The third kappa shape index (κ3) is 1.20. The summed E-state index contributed by atoms with van der Waals surface area (Å²) in [7, 11) is 3.26. The number of hydrogen-bond donors (Lipinski definition) is 0. The third-order valence-corrected chi connectivity index (χ3v) is 2.54. The van der Waals surface area contributed by atoms with Gasteiger partial charge in [-0.15, -0.1) is 0 Å². The molecule has 1 aromatic carbocycles. The van der Waals surface area contributed by atoms with Crippen LogP contribution in [0.3, 0.4) is 0 Å². The molecule has 76 valence electrons. The van der Waals surface area contributed by atoms with E-state index in [1.807, 2.05) is 12.1 Å². The summed E-state index contributed by atoms with van der Waals surface area (Å²) in [5.41, 5.74) is 1.20. The summed E-state index contributed by atoms with van der Waals surface area (Å²) in [5.74, 6) is 2.69. The molecule has 0 spiro atoms. The molecule has 1 atom stereocenters. The molecule has 2 rings (SSSR count). The van der Waals surface area contributed by atoms with E-state index in [1.54, 1.807) is 14.2 Å². The Morgan fingerprint density at radius 2 is 2.07 bits per heavy atom. The van der Waals surface area contributed by atoms with Crippen LogP contribution < -0.4 is 14.2 Å². The van der Waals surface area contributed by atoms with E-state index in [0.29, 0.717) is 11.7 Å². The maximum Gasteiger partial charge on any atom is 0.203 e. The molecule has 0 N–H and O–H groups in total. The summed E-state index contributed by atoms with van der Waals surface area (Å²) in [6, 6.07) is 3.96. The van der Waals surface area contributed by atoms with Crippen molar-refractivity contribution in [2.45, 2.75) is 12.8 Å². The topological polar surface area (TPSA) is 27.7 Å². The molecule has 3 nitrogen and oxygen atoms in total. The molecular weight excluding hydrogens is 180 g/mol. The summed E-state index contributed by atoms with van der Waals surface area (Å²) in [6.45, 7) is 2.86. The van der Waals surface area contributed by atoms with Crippen molar-refractivity contribution < 1.29 is 14.2 Å². The Balaban J connectivity index is 2.54. The molecule has 0 bridgehead atoms. The smallest absolute Gasteiger partial charge is 0.203 e. The lowest BCUT2D eigenvalue weighted by Gasteiger charge is -2.11. The first-order valence-corrected chi connectivity index (χ1v) is 4.65. The molecule has 0 aliphatic carbocycles. The summed E-state index contributed by atoms with van der Waals surface area (Å²) in [6.07, 6.45) is 0. The van der Waals surface area contributed by atoms with Crippen molar-refractivity contribution in [2.75, 3.05) is 20.8 Å². The largest absolute Gasteiger partial charge is 0.493 e. The SMILES string of the molecule is COc1ccc2c(c1OC)OC[C@H]2C. The van der Waals surface area contributed by atoms with Crippen LogP contribution in [0.5, 0.6) is 17.2 Å². The first kappa shape index (κ1) is 9.19. The van der Waals surface area contributed by atoms with Gasteiger partial charge in [-0.25, -0.2) is 0 Å². The fraction of sp³-hybridized carbons (Fsp3) is 0.455. The van der Waals surface area contributed by atoms with Gasteiger partial charge in [0.2, 0.25) is 5.75 Å². The maximum atomic E-state index is 5.57. The zero-order valence-corrected chi connectivity index (χ0v) is 8.66. The number of hydrogen-bond acceptors (Lipinski definition) is 3. The third-order valence-electron chi connectivity index (χ3n) is 2.54. The van der Waals surface area contributed by atoms with E-state index < -0.39 is 0 Å². The standard InChI is InChI=1S/C11H14O3/c1-7-6-14-10-8(7)4-5-9(12-2)11(10)13-3/h4-5,7H,6H2,1-3H3/t7-/m1/s1. The number of benzene rings is 1. The molecule has 0 unspecified atom stereocenters. The lowest BCUT2D eigenvalue weighted by Crippen LogP contribution is -1.94. The molecule has 1 aliphatic rings. The van der Waals surface area contributed by atoms with Gasteiger partial charge in [-0.2, -0.15) is 0 Å². The highest BCUT2D eigenvalue weighted by atomic mass is 16.5. The van der Waals surface area contributed by atoms with E-state index in [4.69, 9.17) is 14.2 Å². The highest BCUT2D eigenvalue weighted by molar-refractivity contribution is 5.58. The first-order valence-electron chi connectivity index (χ1n) is 4.65. The molecule has 1 aromatic rings. The molecule has 0 fully saturated rings. The molecule has 0 aromatic heterocycles. The minimum atomic E-state index is 0.435. The Hall–Kier alpha value is -1.38. The van der Waals surface area contributed by atoms with Gasteiger partial charge >= 0.3 is 0 Å². The molecule has 1 aliphatic heterocycles. The Labute approximate surface area is 83.6 Å². The monoisotopic (exact) mass is 194 g/mol. The molecule has 0 saturated heterocycles. The average Bonchev–Trinajstić information content (AvgIpc) is 2.59. The van der Waals surface area contributed by atoms with Crippen molar-refractivity contribution in [2.24, 2.45) is 0 Å². The van der Waals surface area contributed by atoms with Crippen molar-refractivity contribution >= 4 is 0 Å². The zero-order chi connectivity index (χ0) is 10.1. The quantitative estimate of drug-likeness (QED) is 0.722. The van der Waals surface area contributed by atoms with Crippen LogP contribution in [0.4, 0.5) is 0 Å². The molecule has 0 amide bonds. The van der Waals surface area contributed by atoms with Gasteiger partial charge in [-0.1, -0.05) is 13.0 Å². The second kappa shape index (κ2) is 3.40. The van der Waals surface area contributed by atoms with Crippen LogP contribution in [-0.2, 0) is 0 Å². The summed E-state index contributed by atoms with van der Waals surface area (Å²) >= 11 is 0. The van der Waals surface area contributed by atoms with Crippen LogP contribution in [0.25, 0.3) is 0 Å². The fourth-order valence-electron chi connectivity index (χ4n) is 1.75. The predicted molar refractivity (Wildman–Crippen MR) is 53.5 cm³/mol. The van der Waals surface area contributed by atoms with Crippen LogP contribution in [-0.4, -0.2) is 20.8 Å². The number of methoxy groups -OCH3 is 2. The minimum Gasteiger partial charge on any atom is -0.493 e. The summed E-state index contributed by atoms with van der Waals surface area (Å²) in [4.78, 5) is 0. The normalized spacial score (nSPS) is 18.6. The Morgan fingerprint density at radius 3 is 2.71 bits per heavy atom. The first-order chi connectivity index (χ1) is 6.77. The van der Waals surface area contributed by atoms with E-state index in [9.17, 15) is 0 Å². The Bertz CT molecular complexity index is 347. The molecule has 1 heterocycles. The number of rotatable bonds is 2. The number of fused-ring (bicyclic) bond motifs is 1. The second-order valence-electron chi connectivity index (χ2n) is 3.43. The maximum absolute atomic E-state index is 5.57. The summed E-state index contributed by atoms with van der Waals surface area (Å²) in [5, 5.41) is 0. The average molecular weight is 194 g/mol. The Morgan fingerprint density at radius 1 is 1.29 bits per heavy atom. The van der Waals surface area contributed by atoms with Crippen molar-refractivity contribution in [3.63, 3.8) is 0 Å². The van der Waals surface area contributed by atoms with Gasteiger partial charge in [0, 0.05) is 11.5 Å². The highest BCUT2D eigenvalue weighted by Crippen LogP contribution is 2.46. The van der Waals surface area contributed by atoms with E-state index in [2.05, 4.69) is 6.92 Å². The Kier molecular flexibility index (Phi) is 2.23. The van der Waals surface area contributed by atoms with Crippen LogP contribution in [0.15, 0.2) is 12.1 Å². The molecule has 0 saturated carbocycles. The van der Waals surface area contributed by atoms with E-state index in [-0.39, 0.29) is 0 Å². The molecular formula is C11H14O3. The van der Waals surface area contributed by atoms with E-state index in [1.165, 1.54) is 5.56 Å². The van der Waals surface area contributed by atoms with E-state index >= 15 is 0 Å². The van der Waals surface area contributed by atoms with Crippen molar-refractivity contribution in [3.05, 3.63) is 17.7 Å². The van der Waals surface area contributed by atoms with Gasteiger partial charge in [0.25, 0.3) is 0 Å². The lowest BCUT2D eigenvalue weighted by molar-refractivity contribution is 0.301. The second-order valence-corrected chi connectivity index (χ2v) is 3.43. The van der Waals surface area contributed by atoms with Crippen molar-refractivity contribution in [3.8, 4) is 17.2 Å². The minimum absolute atomic E-state index is 0.435. The number of ether oxygens (including phenoxy) is 3. The van der Waals surface area contributed by atoms with Gasteiger partial charge in [0.1, 0.15) is 0 Å². The van der Waals surface area contributed by atoms with E-state index in [0.717, 1.165) is 18.1 Å². The van der Waals surface area contributed by atoms with Crippen molar-refractivity contribution in [1.29, 1.82) is 0 Å². The lowest BCUT2D eigenvalue weighted by atomic mass is 10.0. The van der Waals surface area contributed by atoms with Gasteiger partial charge in [-0.05, 0) is 6.07 Å². The van der Waals surface area contributed by atoms with Crippen LogP contribution >= 0.6 is 0 Å². The van der Waals surface area contributed by atoms with Crippen LogP contribution in [0, 0.1) is 0 Å². The van der Waals surface area contributed by atoms with Crippen molar-refractivity contribution in [1.82, 2.24) is 0 Å². The van der Waals surface area contributed by atoms with Gasteiger partial charge < -0.3 is 14.2 Å². The van der Waals surface area contributed by atoms with Gasteiger partial charge in [0.05, 0.1) is 20.8 Å². The van der Waals surface area contributed by atoms with Gasteiger partial charge in [-0.3, -0.25) is 0 Å². The summed E-state index contributed by atoms with van der Waals surface area (Å²) < 4.78 is 16.0. The predicted octanol–water partition coefficient (Wildman–Crippen LogP) is 2.20. The molecule has 3 heteroatoms. The highest BCUT2D eigenvalue weighted by Gasteiger charge is 2.25. The molecule has 14 heavy (non-hydrogen) atoms. The zero-order valence-electron chi connectivity index (χ0n) is 8.66. The molecule has 0 radical (unpaired) electrons. The van der Waals surface area contributed by atoms with Crippen LogP contribution in [0.1, 0.15) is 18.4 Å². The van der Waals surface area contributed by atoms with Gasteiger partial charge in [0.15, 0.2) is 11.5 Å². The van der Waals surface area contributed by atoms with Crippen LogP contribution in [0.2, 0.25) is 0 Å².